The van der Waals surface area contributed by atoms with Crippen molar-refractivity contribution in [3.8, 4) is 11.3 Å². The summed E-state index contributed by atoms with van der Waals surface area (Å²) in [5.41, 5.74) is 5.50. The first-order chi connectivity index (χ1) is 13.4. The van der Waals surface area contributed by atoms with Crippen molar-refractivity contribution in [2.75, 3.05) is 4.90 Å². The first kappa shape index (κ1) is 18.0. The maximum absolute atomic E-state index is 4.47. The molecule has 2 aliphatic heterocycles. The zero-order valence-corrected chi connectivity index (χ0v) is 18.4. The normalized spacial score (nSPS) is 13.1. The second-order valence-corrected chi connectivity index (χ2v) is 8.43. The number of aromatic nitrogens is 2. The van der Waals surface area contributed by atoms with Gasteiger partial charge in [-0.3, -0.25) is 4.98 Å². The molecule has 6 rings (SSSR count). The van der Waals surface area contributed by atoms with Gasteiger partial charge in [-0.1, -0.05) is 24.3 Å². The van der Waals surface area contributed by atoms with Crippen molar-refractivity contribution in [2.45, 2.75) is 19.6 Å². The molecule has 1 aromatic heterocycles. The van der Waals surface area contributed by atoms with Crippen LogP contribution in [0.4, 0.5) is 17.1 Å². The van der Waals surface area contributed by atoms with Gasteiger partial charge in [0.05, 0.1) is 11.4 Å². The standard InChI is InChI=1S/C22H12N3S2.Ir/c1-3-7-18-16(5-1)25-17-6-2-4-8-19(17)27-21-12-14(11-20(26-18)22(21)25)15-13-23-9-10-24-15;/h1-11,13H;/q-1;. The Kier molecular flexibility index (Phi) is 4.52. The van der Waals surface area contributed by atoms with Gasteiger partial charge < -0.3 is 9.88 Å². The first-order valence-electron chi connectivity index (χ1n) is 8.59. The molecule has 0 bridgehead atoms. The molecule has 3 heterocycles. The van der Waals surface area contributed by atoms with Crippen molar-refractivity contribution in [1.82, 2.24) is 9.97 Å². The van der Waals surface area contributed by atoms with Gasteiger partial charge in [0.25, 0.3) is 0 Å². The number of hydrogen-bond acceptors (Lipinski definition) is 5. The van der Waals surface area contributed by atoms with Crippen LogP contribution >= 0.6 is 23.5 Å². The van der Waals surface area contributed by atoms with Gasteiger partial charge in [0.15, 0.2) is 0 Å². The fourth-order valence-electron chi connectivity index (χ4n) is 3.52. The summed E-state index contributed by atoms with van der Waals surface area (Å²) in [5.74, 6) is 0. The van der Waals surface area contributed by atoms with Crippen molar-refractivity contribution in [3.63, 3.8) is 0 Å². The number of hydrogen-bond donors (Lipinski definition) is 0. The van der Waals surface area contributed by atoms with Gasteiger partial charge in [0, 0.05) is 54.2 Å². The van der Waals surface area contributed by atoms with Crippen molar-refractivity contribution in [1.29, 1.82) is 0 Å². The monoisotopic (exact) mass is 575 g/mol. The number of rotatable bonds is 1. The van der Waals surface area contributed by atoms with E-state index in [2.05, 4.69) is 75.5 Å². The van der Waals surface area contributed by atoms with Gasteiger partial charge in [-0.05, 0) is 39.7 Å². The average molecular weight is 575 g/mol. The summed E-state index contributed by atoms with van der Waals surface area (Å²) >= 11 is 3.58. The van der Waals surface area contributed by atoms with E-state index < -0.39 is 0 Å². The predicted octanol–water partition coefficient (Wildman–Crippen LogP) is 6.34. The second kappa shape index (κ2) is 7.05. The average Bonchev–Trinajstić information content (AvgIpc) is 2.74. The molecule has 0 saturated heterocycles. The molecule has 1 radical (unpaired) electrons. The van der Waals surface area contributed by atoms with Gasteiger partial charge in [-0.15, -0.1) is 41.2 Å². The number of anilines is 3. The Morgan fingerprint density at radius 2 is 1.54 bits per heavy atom. The molecular weight excluding hydrogens is 563 g/mol. The van der Waals surface area contributed by atoms with E-state index in [4.69, 9.17) is 0 Å². The van der Waals surface area contributed by atoms with Gasteiger partial charge in [-0.25, -0.2) is 0 Å². The minimum Gasteiger partial charge on any atom is -0.348 e. The fraction of sp³-hybridized carbons (Fsp3) is 0. The molecule has 0 fully saturated rings. The zero-order chi connectivity index (χ0) is 17.8. The number of para-hydroxylation sites is 2. The van der Waals surface area contributed by atoms with Crippen LogP contribution in [-0.4, -0.2) is 9.97 Å². The van der Waals surface area contributed by atoms with E-state index in [0.29, 0.717) is 0 Å². The Labute approximate surface area is 185 Å². The Morgan fingerprint density at radius 1 is 0.821 bits per heavy atom. The van der Waals surface area contributed by atoms with E-state index >= 15 is 0 Å². The molecule has 6 heteroatoms. The van der Waals surface area contributed by atoms with Crippen molar-refractivity contribution >= 4 is 40.6 Å². The quantitative estimate of drug-likeness (QED) is 0.214. The Balaban J connectivity index is 0.00000171. The molecule has 2 aliphatic rings. The molecule has 0 amide bonds. The summed E-state index contributed by atoms with van der Waals surface area (Å²) in [6, 6.07) is 22.9. The van der Waals surface area contributed by atoms with E-state index in [-0.39, 0.29) is 20.1 Å². The molecule has 3 nitrogen and oxygen atoms in total. The van der Waals surface area contributed by atoms with Crippen LogP contribution in [0.1, 0.15) is 0 Å². The fourth-order valence-corrected chi connectivity index (χ4v) is 5.79. The molecule has 28 heavy (non-hydrogen) atoms. The van der Waals surface area contributed by atoms with E-state index in [1.54, 1.807) is 30.4 Å². The summed E-state index contributed by atoms with van der Waals surface area (Å²) < 4.78 is 0. The van der Waals surface area contributed by atoms with Crippen LogP contribution in [0.15, 0.2) is 92.8 Å². The minimum absolute atomic E-state index is 0. The summed E-state index contributed by atoms with van der Waals surface area (Å²) in [5, 5.41) is 0. The van der Waals surface area contributed by atoms with Crippen LogP contribution in [0.25, 0.3) is 11.3 Å². The van der Waals surface area contributed by atoms with Crippen molar-refractivity contribution < 1.29 is 20.1 Å². The van der Waals surface area contributed by atoms with E-state index in [1.807, 2.05) is 11.8 Å². The molecule has 137 valence electrons. The first-order valence-corrected chi connectivity index (χ1v) is 10.2. The van der Waals surface area contributed by atoms with Gasteiger partial charge in [-0.2, -0.15) is 0 Å². The maximum Gasteiger partial charge on any atom is 0.0513 e. The smallest absolute Gasteiger partial charge is 0.0513 e. The van der Waals surface area contributed by atoms with Gasteiger partial charge in [0.1, 0.15) is 0 Å². The summed E-state index contributed by atoms with van der Waals surface area (Å²) in [6.07, 6.45) is 5.22. The SMILES string of the molecule is [Ir].[c-]1c(-c2cnccn2)cc2c3c1Sc1ccccc1N3c1ccccc1S2. The van der Waals surface area contributed by atoms with Crippen LogP contribution in [0.5, 0.6) is 0 Å². The topological polar surface area (TPSA) is 29.0 Å². The van der Waals surface area contributed by atoms with Crippen LogP contribution in [0.2, 0.25) is 0 Å². The van der Waals surface area contributed by atoms with Gasteiger partial charge in [0.2, 0.25) is 0 Å². The molecule has 0 saturated carbocycles. The zero-order valence-electron chi connectivity index (χ0n) is 14.4. The molecule has 0 N–H and O–H groups in total. The van der Waals surface area contributed by atoms with Crippen LogP contribution < -0.4 is 4.90 Å². The maximum atomic E-state index is 4.47. The summed E-state index contributed by atoms with van der Waals surface area (Å²) in [7, 11) is 0. The van der Waals surface area contributed by atoms with E-state index in [1.165, 1.54) is 31.7 Å². The van der Waals surface area contributed by atoms with E-state index in [9.17, 15) is 0 Å². The largest absolute Gasteiger partial charge is 0.348 e. The number of fused-ring (bicyclic) bond motifs is 4. The molecule has 0 aliphatic carbocycles. The third kappa shape index (κ3) is 2.72. The minimum atomic E-state index is 0. The Morgan fingerprint density at radius 3 is 2.25 bits per heavy atom. The third-order valence-corrected chi connectivity index (χ3v) is 6.84. The molecule has 0 atom stereocenters. The van der Waals surface area contributed by atoms with Gasteiger partial charge >= 0.3 is 0 Å². The Bertz CT molecular complexity index is 1130. The van der Waals surface area contributed by atoms with Crippen LogP contribution in [0.3, 0.4) is 0 Å². The number of benzene rings is 3. The molecular formula is C22H12IrN3S2-. The molecule has 4 aromatic rings. The summed E-state index contributed by atoms with van der Waals surface area (Å²) in [4.78, 5) is 15.9. The molecule has 0 unspecified atom stereocenters. The molecule has 3 aromatic carbocycles. The number of nitrogens with zero attached hydrogens (tertiary/aromatic N) is 3. The van der Waals surface area contributed by atoms with Crippen LogP contribution in [-0.2, 0) is 20.1 Å². The third-order valence-electron chi connectivity index (χ3n) is 4.68. The Hall–Kier alpha value is -2.11. The van der Waals surface area contributed by atoms with Crippen LogP contribution in [0, 0.1) is 6.07 Å². The summed E-state index contributed by atoms with van der Waals surface area (Å²) in [6.45, 7) is 0. The van der Waals surface area contributed by atoms with Crippen molar-refractivity contribution in [2.24, 2.45) is 0 Å². The second-order valence-electron chi connectivity index (χ2n) is 6.29. The van der Waals surface area contributed by atoms with E-state index in [0.717, 1.165) is 16.2 Å². The van der Waals surface area contributed by atoms with Crippen molar-refractivity contribution in [3.05, 3.63) is 79.3 Å². The molecule has 0 spiro atoms. The predicted molar refractivity (Wildman–Crippen MR) is 109 cm³/mol.